The van der Waals surface area contributed by atoms with E-state index in [0.29, 0.717) is 11.4 Å². The zero-order chi connectivity index (χ0) is 24.8. The van der Waals surface area contributed by atoms with Gasteiger partial charge in [0.1, 0.15) is 11.8 Å². The molecule has 0 spiro atoms. The zero-order valence-corrected chi connectivity index (χ0v) is 19.0. The van der Waals surface area contributed by atoms with Crippen molar-refractivity contribution in [3.05, 3.63) is 59.7 Å². The van der Waals surface area contributed by atoms with E-state index in [1.807, 2.05) is 19.2 Å². The van der Waals surface area contributed by atoms with Gasteiger partial charge in [0.15, 0.2) is 6.61 Å². The minimum atomic E-state index is -1.20. The number of rotatable bonds is 8. The van der Waals surface area contributed by atoms with Crippen LogP contribution in [0.4, 0.5) is 10.5 Å². The number of urea groups is 1. The lowest BCUT2D eigenvalue weighted by molar-refractivity contribution is -0.152. The van der Waals surface area contributed by atoms with Crippen LogP contribution in [0.15, 0.2) is 48.5 Å². The molecule has 0 saturated heterocycles. The van der Waals surface area contributed by atoms with Gasteiger partial charge in [0.25, 0.3) is 17.7 Å². The lowest BCUT2D eigenvalue weighted by atomic mass is 10.0. The van der Waals surface area contributed by atoms with E-state index in [0.717, 1.165) is 4.90 Å². The molecular formula is C24H25N3O7. The maximum absolute atomic E-state index is 12.8. The highest BCUT2D eigenvalue weighted by Crippen LogP contribution is 2.27. The van der Waals surface area contributed by atoms with Crippen LogP contribution in [0.3, 0.4) is 0 Å². The van der Waals surface area contributed by atoms with Crippen LogP contribution in [0.1, 0.15) is 41.0 Å². The Kier molecular flexibility index (Phi) is 7.62. The first-order chi connectivity index (χ1) is 16.2. The molecule has 0 aliphatic carbocycles. The van der Waals surface area contributed by atoms with E-state index in [-0.39, 0.29) is 23.5 Å². The van der Waals surface area contributed by atoms with Crippen LogP contribution in [0.25, 0.3) is 0 Å². The Morgan fingerprint density at radius 3 is 2.06 bits per heavy atom. The van der Waals surface area contributed by atoms with E-state index in [4.69, 9.17) is 9.47 Å². The number of nitrogens with zero attached hydrogens (tertiary/aromatic N) is 1. The normalized spacial score (nSPS) is 13.4. The first-order valence-electron chi connectivity index (χ1n) is 10.6. The molecule has 1 aliphatic heterocycles. The molecule has 0 radical (unpaired) electrons. The summed E-state index contributed by atoms with van der Waals surface area (Å²) in [6, 6.07) is 10.7. The van der Waals surface area contributed by atoms with Crippen molar-refractivity contribution >= 4 is 35.4 Å². The van der Waals surface area contributed by atoms with Crippen LogP contribution >= 0.6 is 0 Å². The largest absolute Gasteiger partial charge is 0.497 e. The fourth-order valence-electron chi connectivity index (χ4n) is 3.48. The number of hydrogen-bond donors (Lipinski definition) is 2. The second-order valence-corrected chi connectivity index (χ2v) is 8.01. The van der Waals surface area contributed by atoms with E-state index < -0.39 is 42.4 Å². The van der Waals surface area contributed by atoms with Crippen molar-refractivity contribution in [2.75, 3.05) is 19.0 Å². The molecule has 1 unspecified atom stereocenters. The number of ether oxygens (including phenoxy) is 2. The number of nitrogens with one attached hydrogen (secondary N) is 2. The van der Waals surface area contributed by atoms with Gasteiger partial charge in [0.2, 0.25) is 0 Å². The van der Waals surface area contributed by atoms with Crippen LogP contribution in [0.2, 0.25) is 0 Å². The van der Waals surface area contributed by atoms with Crippen molar-refractivity contribution in [1.82, 2.24) is 10.2 Å². The molecule has 2 aromatic carbocycles. The van der Waals surface area contributed by atoms with Gasteiger partial charge in [-0.05, 0) is 48.7 Å². The summed E-state index contributed by atoms with van der Waals surface area (Å²) in [7, 11) is 1.51. The van der Waals surface area contributed by atoms with Crippen molar-refractivity contribution in [1.29, 1.82) is 0 Å². The molecule has 1 aliphatic rings. The van der Waals surface area contributed by atoms with Crippen molar-refractivity contribution in [3.63, 3.8) is 0 Å². The molecule has 5 amide bonds. The van der Waals surface area contributed by atoms with Gasteiger partial charge < -0.3 is 14.8 Å². The number of anilines is 1. The van der Waals surface area contributed by atoms with Crippen molar-refractivity contribution in [2.24, 2.45) is 5.92 Å². The van der Waals surface area contributed by atoms with Crippen molar-refractivity contribution in [2.45, 2.75) is 26.3 Å². The standard InChI is InChI=1S/C24H25N3O7/c1-14(2)12-19(27-21(29)17-6-4-5-7-18(17)22(27)30)23(31)34-13-20(28)26-24(32)25-15-8-10-16(33-3)11-9-15/h4-11,14,19H,12-13H2,1-3H3,(H2,25,26,28,32). The van der Waals surface area contributed by atoms with Crippen molar-refractivity contribution in [3.8, 4) is 5.75 Å². The molecule has 10 nitrogen and oxygen atoms in total. The lowest BCUT2D eigenvalue weighted by Gasteiger charge is -2.25. The Morgan fingerprint density at radius 1 is 0.941 bits per heavy atom. The summed E-state index contributed by atoms with van der Waals surface area (Å²) < 4.78 is 10.1. The van der Waals surface area contributed by atoms with E-state index in [1.165, 1.54) is 19.2 Å². The molecule has 1 heterocycles. The van der Waals surface area contributed by atoms with Gasteiger partial charge in [-0.15, -0.1) is 0 Å². The Hall–Kier alpha value is -4.21. The molecule has 1 atom stereocenters. The van der Waals surface area contributed by atoms with Gasteiger partial charge in [-0.3, -0.25) is 24.6 Å². The highest BCUT2D eigenvalue weighted by molar-refractivity contribution is 6.22. The maximum Gasteiger partial charge on any atom is 0.329 e. The summed E-state index contributed by atoms with van der Waals surface area (Å²) in [5, 5.41) is 4.51. The fourth-order valence-corrected chi connectivity index (χ4v) is 3.48. The third-order valence-corrected chi connectivity index (χ3v) is 5.05. The molecule has 10 heteroatoms. The second-order valence-electron chi connectivity index (χ2n) is 8.01. The number of amides is 5. The average Bonchev–Trinajstić information content (AvgIpc) is 3.06. The molecule has 0 bridgehead atoms. The maximum atomic E-state index is 12.8. The van der Waals surface area contributed by atoms with Gasteiger partial charge in [-0.25, -0.2) is 9.59 Å². The number of methoxy groups -OCH3 is 1. The molecule has 2 aromatic rings. The Morgan fingerprint density at radius 2 is 1.53 bits per heavy atom. The summed E-state index contributed by atoms with van der Waals surface area (Å²) >= 11 is 0. The molecule has 0 aromatic heterocycles. The van der Waals surface area contributed by atoms with E-state index in [1.54, 1.807) is 36.4 Å². The number of esters is 1. The lowest BCUT2D eigenvalue weighted by Crippen LogP contribution is -2.47. The van der Waals surface area contributed by atoms with Crippen molar-refractivity contribution < 1.29 is 33.4 Å². The third-order valence-electron chi connectivity index (χ3n) is 5.05. The van der Waals surface area contributed by atoms with Gasteiger partial charge >= 0.3 is 12.0 Å². The fraction of sp³-hybridized carbons (Fsp3) is 0.292. The number of carbonyl (C=O) groups is 5. The number of carbonyl (C=O) groups excluding carboxylic acids is 5. The van der Waals surface area contributed by atoms with Gasteiger partial charge in [0, 0.05) is 5.69 Å². The highest BCUT2D eigenvalue weighted by atomic mass is 16.5. The van der Waals surface area contributed by atoms with Gasteiger partial charge in [-0.2, -0.15) is 0 Å². The van der Waals surface area contributed by atoms with Gasteiger partial charge in [-0.1, -0.05) is 26.0 Å². The molecule has 2 N–H and O–H groups in total. The SMILES string of the molecule is COc1ccc(NC(=O)NC(=O)COC(=O)C(CC(C)C)N2C(=O)c3ccccc3C2=O)cc1. The molecule has 0 saturated carbocycles. The second kappa shape index (κ2) is 10.6. The summed E-state index contributed by atoms with van der Waals surface area (Å²) in [4.78, 5) is 63.4. The Labute approximate surface area is 196 Å². The predicted molar refractivity (Wildman–Crippen MR) is 121 cm³/mol. The predicted octanol–water partition coefficient (Wildman–Crippen LogP) is 2.60. The first kappa shape index (κ1) is 24.4. The summed E-state index contributed by atoms with van der Waals surface area (Å²) in [5.74, 6) is -2.41. The minimum absolute atomic E-state index is 0.0500. The monoisotopic (exact) mass is 467 g/mol. The Balaban J connectivity index is 1.59. The molecular weight excluding hydrogens is 442 g/mol. The quantitative estimate of drug-likeness (QED) is 0.451. The molecule has 34 heavy (non-hydrogen) atoms. The smallest absolute Gasteiger partial charge is 0.329 e. The topological polar surface area (TPSA) is 131 Å². The number of fused-ring (bicyclic) bond motifs is 1. The highest BCUT2D eigenvalue weighted by Gasteiger charge is 2.43. The summed E-state index contributed by atoms with van der Waals surface area (Å²) in [6.45, 7) is 2.90. The van der Waals surface area contributed by atoms with Crippen LogP contribution in [-0.4, -0.2) is 54.4 Å². The van der Waals surface area contributed by atoms with Crippen LogP contribution in [-0.2, 0) is 14.3 Å². The van der Waals surface area contributed by atoms with Crippen LogP contribution < -0.4 is 15.4 Å². The Bertz CT molecular complexity index is 1080. The number of hydrogen-bond acceptors (Lipinski definition) is 7. The first-order valence-corrected chi connectivity index (χ1v) is 10.6. The van der Waals surface area contributed by atoms with E-state index in [2.05, 4.69) is 5.32 Å². The number of benzene rings is 2. The minimum Gasteiger partial charge on any atom is -0.497 e. The zero-order valence-electron chi connectivity index (χ0n) is 19.0. The third kappa shape index (κ3) is 5.58. The van der Waals surface area contributed by atoms with E-state index in [9.17, 15) is 24.0 Å². The average molecular weight is 467 g/mol. The molecule has 3 rings (SSSR count). The van der Waals surface area contributed by atoms with Gasteiger partial charge in [0.05, 0.1) is 18.2 Å². The molecule has 0 fully saturated rings. The summed E-state index contributed by atoms with van der Waals surface area (Å²) in [5.41, 5.74) is 0.842. The van der Waals surface area contributed by atoms with Crippen LogP contribution in [0.5, 0.6) is 5.75 Å². The molecule has 178 valence electrons. The number of imide groups is 2. The van der Waals surface area contributed by atoms with Crippen LogP contribution in [0, 0.1) is 5.92 Å². The van der Waals surface area contributed by atoms with E-state index >= 15 is 0 Å². The summed E-state index contributed by atoms with van der Waals surface area (Å²) in [6.07, 6.45) is 0.157.